The molecule has 0 aliphatic carbocycles. The molecule has 0 unspecified atom stereocenters. The summed E-state index contributed by atoms with van der Waals surface area (Å²) in [6.45, 7) is 12.3. The van der Waals surface area contributed by atoms with Gasteiger partial charge in [0, 0.05) is 31.1 Å². The Kier molecular flexibility index (Phi) is 7.34. The number of anilines is 1. The van der Waals surface area contributed by atoms with Crippen LogP contribution in [0, 0.1) is 0 Å². The van der Waals surface area contributed by atoms with Crippen LogP contribution in [0.5, 0.6) is 0 Å². The van der Waals surface area contributed by atoms with E-state index in [1.807, 2.05) is 11.3 Å². The van der Waals surface area contributed by atoms with Crippen LogP contribution in [0.25, 0.3) is 0 Å². The minimum Gasteiger partial charge on any atom is -0.383 e. The maximum absolute atomic E-state index is 5.20. The van der Waals surface area contributed by atoms with Gasteiger partial charge in [-0.25, -0.2) is 4.98 Å². The Bertz CT molecular complexity index is 366. The van der Waals surface area contributed by atoms with Crippen LogP contribution in [0.15, 0.2) is 0 Å². The Labute approximate surface area is 121 Å². The lowest BCUT2D eigenvalue weighted by atomic mass is 10.3. The van der Waals surface area contributed by atoms with Gasteiger partial charge in [-0.05, 0) is 26.8 Å². The monoisotopic (exact) mass is 285 g/mol. The first-order chi connectivity index (χ1) is 9.13. The molecule has 1 N–H and O–H groups in total. The Morgan fingerprint density at radius 3 is 2.63 bits per heavy atom. The maximum atomic E-state index is 5.20. The van der Waals surface area contributed by atoms with Crippen molar-refractivity contribution < 1.29 is 4.74 Å². The first kappa shape index (κ1) is 16.4. The van der Waals surface area contributed by atoms with E-state index in [9.17, 15) is 0 Å². The molecule has 0 atom stereocenters. The summed E-state index contributed by atoms with van der Waals surface area (Å²) in [5.41, 5.74) is 1.23. The molecule has 0 aliphatic heterocycles. The Hall–Kier alpha value is -0.650. The molecule has 1 aromatic heterocycles. The lowest BCUT2D eigenvalue weighted by Crippen LogP contribution is -2.33. The average molecular weight is 285 g/mol. The van der Waals surface area contributed by atoms with Crippen LogP contribution >= 0.6 is 11.3 Å². The van der Waals surface area contributed by atoms with Gasteiger partial charge in [0.25, 0.3) is 0 Å². The molecule has 0 fully saturated rings. The van der Waals surface area contributed by atoms with Gasteiger partial charge in [-0.15, -0.1) is 11.3 Å². The summed E-state index contributed by atoms with van der Waals surface area (Å²) in [5, 5.41) is 4.51. The predicted molar refractivity (Wildman–Crippen MR) is 83.2 cm³/mol. The molecule has 0 saturated carbocycles. The van der Waals surface area contributed by atoms with Crippen LogP contribution in [-0.2, 0) is 17.7 Å². The van der Waals surface area contributed by atoms with Crippen molar-refractivity contribution in [1.82, 2.24) is 10.3 Å². The van der Waals surface area contributed by atoms with Gasteiger partial charge >= 0.3 is 0 Å². The Balaban J connectivity index is 2.87. The Morgan fingerprint density at radius 1 is 1.37 bits per heavy atom. The summed E-state index contributed by atoms with van der Waals surface area (Å²) >= 11 is 1.81. The van der Waals surface area contributed by atoms with Crippen molar-refractivity contribution in [1.29, 1.82) is 0 Å². The number of rotatable bonds is 9. The van der Waals surface area contributed by atoms with Crippen molar-refractivity contribution in [3.63, 3.8) is 0 Å². The van der Waals surface area contributed by atoms with E-state index in [2.05, 4.69) is 37.9 Å². The van der Waals surface area contributed by atoms with Crippen LogP contribution in [0.3, 0.4) is 0 Å². The summed E-state index contributed by atoms with van der Waals surface area (Å²) in [4.78, 5) is 8.49. The highest BCUT2D eigenvalue weighted by Gasteiger charge is 2.17. The van der Waals surface area contributed by atoms with Gasteiger partial charge in [0.1, 0.15) is 0 Å². The second-order valence-electron chi connectivity index (χ2n) is 4.78. The van der Waals surface area contributed by atoms with E-state index in [4.69, 9.17) is 9.72 Å². The molecule has 1 rings (SSSR count). The summed E-state index contributed by atoms with van der Waals surface area (Å²) in [6.07, 6.45) is 0.993. The number of thiazole rings is 1. The fourth-order valence-corrected chi connectivity index (χ4v) is 3.19. The number of hydrogen-bond acceptors (Lipinski definition) is 5. The molecule has 0 amide bonds. The molecule has 1 heterocycles. The SMILES string of the molecule is CCNCc1sc(N(CCOC)C(C)C)nc1CC. The van der Waals surface area contributed by atoms with Crippen LogP contribution in [-0.4, -0.2) is 37.8 Å². The molecule has 0 aromatic carbocycles. The van der Waals surface area contributed by atoms with E-state index in [1.165, 1.54) is 10.6 Å². The highest BCUT2D eigenvalue weighted by atomic mass is 32.1. The zero-order valence-corrected chi connectivity index (χ0v) is 13.6. The molecule has 1 aromatic rings. The summed E-state index contributed by atoms with van der Waals surface area (Å²) in [5.74, 6) is 0. The van der Waals surface area contributed by atoms with Gasteiger partial charge < -0.3 is 15.0 Å². The average Bonchev–Trinajstić information content (AvgIpc) is 2.79. The summed E-state index contributed by atoms with van der Waals surface area (Å²) < 4.78 is 5.20. The van der Waals surface area contributed by atoms with Crippen molar-refractivity contribution in [2.24, 2.45) is 0 Å². The smallest absolute Gasteiger partial charge is 0.186 e. The third-order valence-electron chi connectivity index (χ3n) is 3.04. The van der Waals surface area contributed by atoms with Crippen LogP contribution in [0.4, 0.5) is 5.13 Å². The molecule has 4 nitrogen and oxygen atoms in total. The van der Waals surface area contributed by atoms with Gasteiger partial charge in [-0.1, -0.05) is 13.8 Å². The van der Waals surface area contributed by atoms with Crippen molar-refractivity contribution in [3.8, 4) is 0 Å². The zero-order valence-electron chi connectivity index (χ0n) is 12.8. The molecule has 0 bridgehead atoms. The minimum atomic E-state index is 0.443. The molecule has 110 valence electrons. The molecule has 19 heavy (non-hydrogen) atoms. The maximum Gasteiger partial charge on any atom is 0.186 e. The quantitative estimate of drug-likeness (QED) is 0.757. The molecule has 5 heteroatoms. The highest BCUT2D eigenvalue weighted by molar-refractivity contribution is 7.15. The van der Waals surface area contributed by atoms with E-state index < -0.39 is 0 Å². The third kappa shape index (κ3) is 4.75. The molecule has 0 spiro atoms. The van der Waals surface area contributed by atoms with E-state index in [0.717, 1.165) is 37.8 Å². The molecule has 0 saturated heterocycles. The van der Waals surface area contributed by atoms with Crippen molar-refractivity contribution in [2.75, 3.05) is 31.7 Å². The lowest BCUT2D eigenvalue weighted by Gasteiger charge is -2.25. The highest BCUT2D eigenvalue weighted by Crippen LogP contribution is 2.28. The molecule has 0 aliphatic rings. The topological polar surface area (TPSA) is 37.4 Å². The van der Waals surface area contributed by atoms with E-state index in [-0.39, 0.29) is 0 Å². The number of aryl methyl sites for hydroxylation is 1. The van der Waals surface area contributed by atoms with Gasteiger partial charge in [-0.3, -0.25) is 0 Å². The second kappa shape index (κ2) is 8.51. The Morgan fingerprint density at radius 2 is 2.11 bits per heavy atom. The van der Waals surface area contributed by atoms with Crippen molar-refractivity contribution in [3.05, 3.63) is 10.6 Å². The molecule has 0 radical (unpaired) electrons. The summed E-state index contributed by atoms with van der Waals surface area (Å²) in [6, 6.07) is 0.443. The lowest BCUT2D eigenvalue weighted by molar-refractivity contribution is 0.204. The van der Waals surface area contributed by atoms with E-state index in [0.29, 0.717) is 6.04 Å². The number of aromatic nitrogens is 1. The van der Waals surface area contributed by atoms with Crippen LogP contribution in [0.1, 0.15) is 38.3 Å². The van der Waals surface area contributed by atoms with Gasteiger partial charge in [-0.2, -0.15) is 0 Å². The zero-order chi connectivity index (χ0) is 14.3. The fraction of sp³-hybridized carbons (Fsp3) is 0.786. The number of hydrogen-bond donors (Lipinski definition) is 1. The predicted octanol–water partition coefficient (Wildman–Crippen LogP) is 2.68. The normalized spacial score (nSPS) is 11.3. The molecular formula is C14H27N3OS. The summed E-state index contributed by atoms with van der Waals surface area (Å²) in [7, 11) is 1.74. The standard InChI is InChI=1S/C14H27N3OS/c1-6-12-13(10-15-7-2)19-14(16-12)17(11(3)4)8-9-18-5/h11,15H,6-10H2,1-5H3. The minimum absolute atomic E-state index is 0.443. The van der Waals surface area contributed by atoms with Crippen molar-refractivity contribution >= 4 is 16.5 Å². The largest absolute Gasteiger partial charge is 0.383 e. The van der Waals surface area contributed by atoms with Crippen LogP contribution < -0.4 is 10.2 Å². The van der Waals surface area contributed by atoms with Gasteiger partial charge in [0.05, 0.1) is 12.3 Å². The van der Waals surface area contributed by atoms with E-state index in [1.54, 1.807) is 7.11 Å². The number of methoxy groups -OCH3 is 1. The second-order valence-corrected chi connectivity index (χ2v) is 5.84. The number of nitrogens with zero attached hydrogens (tertiary/aromatic N) is 2. The van der Waals surface area contributed by atoms with E-state index >= 15 is 0 Å². The van der Waals surface area contributed by atoms with Gasteiger partial charge in [0.2, 0.25) is 0 Å². The third-order valence-corrected chi connectivity index (χ3v) is 4.18. The first-order valence-corrected chi connectivity index (χ1v) is 7.90. The van der Waals surface area contributed by atoms with Crippen molar-refractivity contribution in [2.45, 2.75) is 46.7 Å². The van der Waals surface area contributed by atoms with Gasteiger partial charge in [0.15, 0.2) is 5.13 Å². The number of ether oxygens (including phenoxy) is 1. The fourth-order valence-electron chi connectivity index (χ4n) is 1.91. The first-order valence-electron chi connectivity index (χ1n) is 7.08. The van der Waals surface area contributed by atoms with Crippen LogP contribution in [0.2, 0.25) is 0 Å². The number of nitrogens with one attached hydrogen (secondary N) is 1. The molecular weight excluding hydrogens is 258 g/mol.